The highest BCUT2D eigenvalue weighted by Gasteiger charge is 2.16. The van der Waals surface area contributed by atoms with Gasteiger partial charge in [0, 0.05) is 16.8 Å². The van der Waals surface area contributed by atoms with E-state index in [-0.39, 0.29) is 18.4 Å². The summed E-state index contributed by atoms with van der Waals surface area (Å²) in [5.74, 6) is -0.535. The zero-order valence-corrected chi connectivity index (χ0v) is 15.8. The van der Waals surface area contributed by atoms with E-state index in [1.807, 2.05) is 43.3 Å². The molecule has 0 radical (unpaired) electrons. The lowest BCUT2D eigenvalue weighted by Crippen LogP contribution is -2.36. The summed E-state index contributed by atoms with van der Waals surface area (Å²) < 4.78 is 12.5. The van der Waals surface area contributed by atoms with E-state index >= 15 is 0 Å². The lowest BCUT2D eigenvalue weighted by atomic mass is 10.2. The number of nitrogens with two attached hydrogens (primary N) is 1. The average Bonchev–Trinajstić information content (AvgIpc) is 3.31. The molecule has 2 amide bonds. The molecule has 8 heteroatoms. The summed E-state index contributed by atoms with van der Waals surface area (Å²) >= 11 is 0. The molecule has 0 fully saturated rings. The molecule has 2 aromatic carbocycles. The van der Waals surface area contributed by atoms with Gasteiger partial charge >= 0.3 is 6.09 Å². The third kappa shape index (κ3) is 3.91. The molecule has 0 aliphatic carbocycles. The monoisotopic (exact) mass is 392 g/mol. The van der Waals surface area contributed by atoms with E-state index in [9.17, 15) is 9.59 Å². The highest BCUT2D eigenvalue weighted by atomic mass is 16.5. The van der Waals surface area contributed by atoms with E-state index in [1.54, 1.807) is 23.0 Å². The van der Waals surface area contributed by atoms with Crippen molar-refractivity contribution in [3.05, 3.63) is 66.1 Å². The SMILES string of the molecule is CC(Cn1ncc2ccc3oc(C(N)=O)cc3c21)NC(=O)OCc1ccccc1. The normalized spacial score (nSPS) is 12.2. The molecule has 0 bridgehead atoms. The van der Waals surface area contributed by atoms with Crippen molar-refractivity contribution in [2.45, 2.75) is 26.1 Å². The second kappa shape index (κ2) is 7.67. The fourth-order valence-corrected chi connectivity index (χ4v) is 3.23. The van der Waals surface area contributed by atoms with Crippen molar-refractivity contribution in [2.24, 2.45) is 5.73 Å². The van der Waals surface area contributed by atoms with Crippen LogP contribution in [-0.2, 0) is 17.9 Å². The molecule has 1 atom stereocenters. The molecule has 0 saturated heterocycles. The first-order chi connectivity index (χ1) is 14.0. The Hall–Kier alpha value is -3.81. The maximum Gasteiger partial charge on any atom is 0.407 e. The second-order valence-electron chi connectivity index (χ2n) is 6.82. The van der Waals surface area contributed by atoms with Gasteiger partial charge in [0.1, 0.15) is 12.2 Å². The lowest BCUT2D eigenvalue weighted by Gasteiger charge is -2.15. The molecule has 0 spiro atoms. The number of carbonyl (C=O) groups excluding carboxylic acids is 2. The maximum atomic E-state index is 12.1. The van der Waals surface area contributed by atoms with Crippen molar-refractivity contribution >= 4 is 33.9 Å². The molecule has 0 aliphatic heterocycles. The van der Waals surface area contributed by atoms with Crippen LogP contribution >= 0.6 is 0 Å². The number of carbonyl (C=O) groups is 2. The van der Waals surface area contributed by atoms with Crippen LogP contribution in [0.4, 0.5) is 4.79 Å². The van der Waals surface area contributed by atoms with Crippen LogP contribution in [0.3, 0.4) is 0 Å². The molecule has 4 rings (SSSR count). The summed E-state index contributed by atoms with van der Waals surface area (Å²) in [4.78, 5) is 23.5. The Balaban J connectivity index is 1.47. The number of ether oxygens (including phenoxy) is 1. The van der Waals surface area contributed by atoms with Crippen LogP contribution in [0.1, 0.15) is 23.0 Å². The number of amides is 2. The van der Waals surface area contributed by atoms with Crippen LogP contribution in [-0.4, -0.2) is 27.8 Å². The predicted molar refractivity (Wildman–Crippen MR) is 107 cm³/mol. The number of nitrogens with zero attached hydrogens (tertiary/aromatic N) is 2. The third-order valence-electron chi connectivity index (χ3n) is 4.56. The van der Waals surface area contributed by atoms with E-state index in [0.29, 0.717) is 12.1 Å². The highest BCUT2D eigenvalue weighted by Crippen LogP contribution is 2.28. The molecule has 1 unspecified atom stereocenters. The van der Waals surface area contributed by atoms with Gasteiger partial charge < -0.3 is 20.2 Å². The number of fused-ring (bicyclic) bond motifs is 3. The Bertz CT molecular complexity index is 1180. The first kappa shape index (κ1) is 18.5. The zero-order valence-electron chi connectivity index (χ0n) is 15.8. The van der Waals surface area contributed by atoms with Crippen molar-refractivity contribution in [3.63, 3.8) is 0 Å². The van der Waals surface area contributed by atoms with Crippen LogP contribution in [0.15, 0.2) is 59.1 Å². The van der Waals surface area contributed by atoms with E-state index in [1.165, 1.54) is 0 Å². The quantitative estimate of drug-likeness (QED) is 0.523. The third-order valence-corrected chi connectivity index (χ3v) is 4.56. The van der Waals surface area contributed by atoms with Gasteiger partial charge in [-0.2, -0.15) is 5.10 Å². The van der Waals surface area contributed by atoms with Crippen molar-refractivity contribution < 1.29 is 18.7 Å². The summed E-state index contributed by atoms with van der Waals surface area (Å²) in [7, 11) is 0. The largest absolute Gasteiger partial charge is 0.451 e. The summed E-state index contributed by atoms with van der Waals surface area (Å²) in [6.07, 6.45) is 1.23. The van der Waals surface area contributed by atoms with Crippen LogP contribution in [0.2, 0.25) is 0 Å². The summed E-state index contributed by atoms with van der Waals surface area (Å²) in [6, 6.07) is 14.5. The number of primary amides is 1. The fourth-order valence-electron chi connectivity index (χ4n) is 3.23. The van der Waals surface area contributed by atoms with Crippen molar-refractivity contribution in [1.29, 1.82) is 0 Å². The smallest absolute Gasteiger partial charge is 0.407 e. The van der Waals surface area contributed by atoms with Gasteiger partial charge in [0.15, 0.2) is 5.76 Å². The number of aromatic nitrogens is 2. The summed E-state index contributed by atoms with van der Waals surface area (Å²) in [5, 5.41) is 8.85. The van der Waals surface area contributed by atoms with Crippen LogP contribution < -0.4 is 11.1 Å². The van der Waals surface area contributed by atoms with Crippen LogP contribution in [0, 0.1) is 0 Å². The molecule has 29 heavy (non-hydrogen) atoms. The number of nitrogens with one attached hydrogen (secondary N) is 1. The number of benzene rings is 2. The Labute approximate surface area is 166 Å². The summed E-state index contributed by atoms with van der Waals surface area (Å²) in [6.45, 7) is 2.48. The van der Waals surface area contributed by atoms with E-state index in [0.717, 1.165) is 21.9 Å². The van der Waals surface area contributed by atoms with E-state index in [2.05, 4.69) is 10.4 Å². The Morgan fingerprint density at radius 3 is 2.79 bits per heavy atom. The van der Waals surface area contributed by atoms with Crippen molar-refractivity contribution in [3.8, 4) is 0 Å². The van der Waals surface area contributed by atoms with Gasteiger partial charge in [-0.05, 0) is 30.7 Å². The van der Waals surface area contributed by atoms with Gasteiger partial charge in [0.2, 0.25) is 0 Å². The first-order valence-electron chi connectivity index (χ1n) is 9.16. The number of hydrogen-bond donors (Lipinski definition) is 2. The molecule has 148 valence electrons. The van der Waals surface area contributed by atoms with Gasteiger partial charge in [-0.1, -0.05) is 30.3 Å². The van der Waals surface area contributed by atoms with Gasteiger partial charge in [0.05, 0.1) is 18.3 Å². The molecule has 2 heterocycles. The molecule has 2 aromatic heterocycles. The van der Waals surface area contributed by atoms with Gasteiger partial charge in [-0.3, -0.25) is 9.48 Å². The minimum Gasteiger partial charge on any atom is -0.451 e. The Morgan fingerprint density at radius 1 is 1.24 bits per heavy atom. The minimum atomic E-state index is -0.628. The number of hydrogen-bond acceptors (Lipinski definition) is 5. The highest BCUT2D eigenvalue weighted by molar-refractivity contribution is 6.06. The predicted octanol–water partition coefficient (Wildman–Crippen LogP) is 3.20. The number of rotatable bonds is 6. The van der Waals surface area contributed by atoms with Crippen LogP contribution in [0.25, 0.3) is 21.9 Å². The first-order valence-corrected chi connectivity index (χ1v) is 9.16. The van der Waals surface area contributed by atoms with Gasteiger partial charge in [-0.25, -0.2) is 4.79 Å². The van der Waals surface area contributed by atoms with Crippen molar-refractivity contribution in [1.82, 2.24) is 15.1 Å². The molecular weight excluding hydrogens is 372 g/mol. The number of alkyl carbamates (subject to hydrolysis) is 1. The molecule has 3 N–H and O–H groups in total. The summed E-state index contributed by atoms with van der Waals surface area (Å²) in [5.41, 5.74) is 7.60. The fraction of sp³-hybridized carbons (Fsp3) is 0.190. The zero-order chi connectivity index (χ0) is 20.4. The second-order valence-corrected chi connectivity index (χ2v) is 6.82. The van der Waals surface area contributed by atoms with Gasteiger partial charge in [0.25, 0.3) is 5.91 Å². The standard InChI is InChI=1S/C21H20N4O4/c1-13(24-21(27)28-12-14-5-3-2-4-6-14)11-25-19-15(10-23-25)7-8-17-16(19)9-18(29-17)20(22)26/h2-10,13H,11-12H2,1H3,(H2,22,26)(H,24,27). The molecule has 4 aromatic rings. The maximum absolute atomic E-state index is 12.1. The minimum absolute atomic E-state index is 0.0934. The molecule has 8 nitrogen and oxygen atoms in total. The molecule has 0 saturated carbocycles. The Kier molecular flexibility index (Phi) is 4.90. The Morgan fingerprint density at radius 2 is 2.03 bits per heavy atom. The molecular formula is C21H20N4O4. The van der Waals surface area contributed by atoms with E-state index < -0.39 is 12.0 Å². The van der Waals surface area contributed by atoms with Crippen LogP contribution in [0.5, 0.6) is 0 Å². The van der Waals surface area contributed by atoms with Gasteiger partial charge in [-0.15, -0.1) is 0 Å². The lowest BCUT2D eigenvalue weighted by molar-refractivity contribution is 0.0976. The van der Waals surface area contributed by atoms with Crippen molar-refractivity contribution in [2.75, 3.05) is 0 Å². The van der Waals surface area contributed by atoms with E-state index in [4.69, 9.17) is 14.9 Å². The average molecular weight is 392 g/mol. The number of furan rings is 1. The topological polar surface area (TPSA) is 112 Å². The molecule has 0 aliphatic rings.